The predicted molar refractivity (Wildman–Crippen MR) is 69.6 cm³/mol. The summed E-state index contributed by atoms with van der Waals surface area (Å²) in [5, 5.41) is 10.4. The summed E-state index contributed by atoms with van der Waals surface area (Å²) in [6.45, 7) is 3.60. The highest BCUT2D eigenvalue weighted by atomic mass is 16.1. The van der Waals surface area contributed by atoms with Crippen molar-refractivity contribution in [2.75, 3.05) is 5.32 Å². The summed E-state index contributed by atoms with van der Waals surface area (Å²) in [6.07, 6.45) is 4.57. The monoisotopic (exact) mass is 243 g/mol. The van der Waals surface area contributed by atoms with E-state index in [9.17, 15) is 4.79 Å². The van der Waals surface area contributed by atoms with Crippen molar-refractivity contribution in [2.45, 2.75) is 13.8 Å². The average molecular weight is 243 g/mol. The summed E-state index contributed by atoms with van der Waals surface area (Å²) in [5.74, 6) is 0.727. The lowest BCUT2D eigenvalue weighted by molar-refractivity contribution is 1.13. The Morgan fingerprint density at radius 3 is 2.83 bits per heavy atom. The Kier molecular flexibility index (Phi) is 3.18. The quantitative estimate of drug-likeness (QED) is 0.714. The number of H-pyrrole nitrogens is 1. The van der Waals surface area contributed by atoms with Crippen LogP contribution in [0, 0.1) is 12.3 Å². The van der Waals surface area contributed by atoms with Gasteiger partial charge in [0.05, 0.1) is 0 Å². The largest absolute Gasteiger partial charge is 0.324 e. The molecule has 0 aliphatic rings. The minimum Gasteiger partial charge on any atom is -0.324 e. The normalized spacial score (nSPS) is 10.1. The number of aromatic nitrogens is 3. The molecular weight excluding hydrogens is 230 g/mol. The SMILES string of the molecule is CC(=N)c1cnc(Nc2ncc[nH]c2=O)cc1C. The number of aromatic amines is 1. The van der Waals surface area contributed by atoms with Gasteiger partial charge < -0.3 is 15.7 Å². The van der Waals surface area contributed by atoms with Crippen LogP contribution in [0.2, 0.25) is 0 Å². The van der Waals surface area contributed by atoms with Crippen LogP contribution in [0.15, 0.2) is 29.5 Å². The van der Waals surface area contributed by atoms with Gasteiger partial charge in [0, 0.05) is 29.9 Å². The van der Waals surface area contributed by atoms with Gasteiger partial charge in [-0.05, 0) is 25.5 Å². The molecule has 0 atom stereocenters. The number of anilines is 2. The van der Waals surface area contributed by atoms with Crippen molar-refractivity contribution in [3.8, 4) is 0 Å². The molecule has 0 aliphatic carbocycles. The van der Waals surface area contributed by atoms with E-state index < -0.39 is 0 Å². The number of pyridine rings is 1. The minimum atomic E-state index is -0.302. The van der Waals surface area contributed by atoms with Gasteiger partial charge in [0.1, 0.15) is 5.82 Å². The Morgan fingerprint density at radius 1 is 1.44 bits per heavy atom. The molecule has 0 bridgehead atoms. The Balaban J connectivity index is 2.31. The molecule has 6 nitrogen and oxygen atoms in total. The van der Waals surface area contributed by atoms with Crippen molar-refractivity contribution < 1.29 is 0 Å². The lowest BCUT2D eigenvalue weighted by atomic mass is 10.1. The molecule has 0 fully saturated rings. The van der Waals surface area contributed by atoms with Crippen molar-refractivity contribution in [3.05, 3.63) is 46.1 Å². The molecule has 2 aromatic rings. The molecule has 0 saturated carbocycles. The predicted octanol–water partition coefficient (Wildman–Crippen LogP) is 1.60. The van der Waals surface area contributed by atoms with Gasteiger partial charge >= 0.3 is 0 Å². The fraction of sp³-hybridized carbons (Fsp3) is 0.167. The first-order valence-electron chi connectivity index (χ1n) is 5.41. The first-order valence-corrected chi connectivity index (χ1v) is 5.41. The second-order valence-electron chi connectivity index (χ2n) is 3.90. The van der Waals surface area contributed by atoms with Crippen molar-refractivity contribution in [2.24, 2.45) is 0 Å². The zero-order chi connectivity index (χ0) is 13.1. The van der Waals surface area contributed by atoms with Crippen LogP contribution in [0.4, 0.5) is 11.6 Å². The van der Waals surface area contributed by atoms with Crippen molar-refractivity contribution in [3.63, 3.8) is 0 Å². The average Bonchev–Trinajstić information content (AvgIpc) is 2.32. The molecular formula is C12H13N5O. The molecule has 2 aromatic heterocycles. The van der Waals surface area contributed by atoms with E-state index >= 15 is 0 Å². The third-order valence-electron chi connectivity index (χ3n) is 2.47. The first-order chi connectivity index (χ1) is 8.58. The molecule has 0 aromatic carbocycles. The van der Waals surface area contributed by atoms with Gasteiger partial charge in [-0.25, -0.2) is 9.97 Å². The molecule has 92 valence electrons. The zero-order valence-corrected chi connectivity index (χ0v) is 10.1. The highest BCUT2D eigenvalue weighted by Gasteiger charge is 2.05. The highest BCUT2D eigenvalue weighted by Crippen LogP contribution is 2.14. The molecule has 0 amide bonds. The minimum absolute atomic E-state index is 0.198. The summed E-state index contributed by atoms with van der Waals surface area (Å²) in [6, 6.07) is 1.78. The van der Waals surface area contributed by atoms with Crippen LogP contribution in [-0.4, -0.2) is 20.7 Å². The second-order valence-corrected chi connectivity index (χ2v) is 3.90. The lowest BCUT2D eigenvalue weighted by Crippen LogP contribution is -2.13. The second kappa shape index (κ2) is 4.79. The highest BCUT2D eigenvalue weighted by molar-refractivity contribution is 5.97. The van der Waals surface area contributed by atoms with Crippen LogP contribution in [0.25, 0.3) is 0 Å². The first kappa shape index (κ1) is 12.0. The van der Waals surface area contributed by atoms with Gasteiger partial charge in [-0.3, -0.25) is 4.79 Å². The van der Waals surface area contributed by atoms with E-state index in [4.69, 9.17) is 5.41 Å². The van der Waals surface area contributed by atoms with E-state index in [0.29, 0.717) is 11.5 Å². The smallest absolute Gasteiger partial charge is 0.291 e. The standard InChI is InChI=1S/C12H13N5O/c1-7-5-10(16-6-9(7)8(2)13)17-11-12(18)15-4-3-14-11/h3-6,13H,1-2H3,(H,15,18)(H,14,16,17). The van der Waals surface area contributed by atoms with Gasteiger partial charge in [-0.15, -0.1) is 0 Å². The fourth-order valence-electron chi connectivity index (χ4n) is 1.58. The maximum Gasteiger partial charge on any atom is 0.291 e. The maximum absolute atomic E-state index is 11.4. The Bertz CT molecular complexity index is 647. The Morgan fingerprint density at radius 2 is 2.22 bits per heavy atom. The maximum atomic E-state index is 11.4. The van der Waals surface area contributed by atoms with E-state index in [0.717, 1.165) is 11.1 Å². The summed E-state index contributed by atoms with van der Waals surface area (Å²) in [5.41, 5.74) is 1.87. The van der Waals surface area contributed by atoms with Crippen LogP contribution >= 0.6 is 0 Å². The molecule has 3 N–H and O–H groups in total. The number of hydrogen-bond donors (Lipinski definition) is 3. The van der Waals surface area contributed by atoms with E-state index in [-0.39, 0.29) is 11.4 Å². The van der Waals surface area contributed by atoms with E-state index in [1.54, 1.807) is 19.2 Å². The topological polar surface area (TPSA) is 94.5 Å². The van der Waals surface area contributed by atoms with Crippen LogP contribution in [0.3, 0.4) is 0 Å². The Labute approximate surface area is 104 Å². The van der Waals surface area contributed by atoms with E-state index in [1.165, 1.54) is 12.4 Å². The summed E-state index contributed by atoms with van der Waals surface area (Å²) in [7, 11) is 0. The summed E-state index contributed by atoms with van der Waals surface area (Å²) >= 11 is 0. The van der Waals surface area contributed by atoms with Gasteiger partial charge in [-0.1, -0.05) is 0 Å². The lowest BCUT2D eigenvalue weighted by Gasteiger charge is -2.07. The number of nitrogens with zero attached hydrogens (tertiary/aromatic N) is 2. The third-order valence-corrected chi connectivity index (χ3v) is 2.47. The Hall–Kier alpha value is -2.50. The molecule has 6 heteroatoms. The molecule has 0 radical (unpaired) electrons. The van der Waals surface area contributed by atoms with Gasteiger partial charge in [-0.2, -0.15) is 0 Å². The van der Waals surface area contributed by atoms with Crippen molar-refractivity contribution >= 4 is 17.3 Å². The molecule has 18 heavy (non-hydrogen) atoms. The molecule has 0 aliphatic heterocycles. The van der Waals surface area contributed by atoms with Crippen molar-refractivity contribution in [1.29, 1.82) is 5.41 Å². The number of hydrogen-bond acceptors (Lipinski definition) is 5. The van der Waals surface area contributed by atoms with Crippen molar-refractivity contribution in [1.82, 2.24) is 15.0 Å². The molecule has 0 unspecified atom stereocenters. The molecule has 0 saturated heterocycles. The van der Waals surface area contributed by atoms with E-state index in [2.05, 4.69) is 20.3 Å². The number of aryl methyl sites for hydroxylation is 1. The third kappa shape index (κ3) is 2.42. The summed E-state index contributed by atoms with van der Waals surface area (Å²) in [4.78, 5) is 22.0. The molecule has 2 heterocycles. The van der Waals surface area contributed by atoms with Crippen LogP contribution in [-0.2, 0) is 0 Å². The van der Waals surface area contributed by atoms with Gasteiger partial charge in [0.25, 0.3) is 5.56 Å². The molecule has 0 spiro atoms. The van der Waals surface area contributed by atoms with Crippen LogP contribution in [0.1, 0.15) is 18.1 Å². The number of nitrogens with one attached hydrogen (secondary N) is 3. The zero-order valence-electron chi connectivity index (χ0n) is 10.1. The summed E-state index contributed by atoms with van der Waals surface area (Å²) < 4.78 is 0. The van der Waals surface area contributed by atoms with Crippen LogP contribution in [0.5, 0.6) is 0 Å². The van der Waals surface area contributed by atoms with Gasteiger partial charge in [0.2, 0.25) is 0 Å². The van der Waals surface area contributed by atoms with E-state index in [1.807, 2.05) is 6.92 Å². The molecule has 2 rings (SSSR count). The van der Waals surface area contributed by atoms with Crippen LogP contribution < -0.4 is 10.9 Å². The fourth-order valence-corrected chi connectivity index (χ4v) is 1.58. The number of rotatable bonds is 3. The van der Waals surface area contributed by atoms with Gasteiger partial charge in [0.15, 0.2) is 5.82 Å².